The number of benzene rings is 3. The Morgan fingerprint density at radius 2 is 1.18 bits per heavy atom. The van der Waals surface area contributed by atoms with Crippen LogP contribution in [0.25, 0.3) is 0 Å². The highest BCUT2D eigenvalue weighted by Gasteiger charge is 2.37. The number of hydrogen-bond acceptors (Lipinski definition) is 2. The van der Waals surface area contributed by atoms with Gasteiger partial charge in [-0.1, -0.05) is 60.7 Å². The van der Waals surface area contributed by atoms with E-state index in [0.717, 1.165) is 5.01 Å². The molecule has 1 aliphatic heterocycles. The summed E-state index contributed by atoms with van der Waals surface area (Å²) in [5, 5.41) is 5.12. The summed E-state index contributed by atoms with van der Waals surface area (Å²) in [5.74, 6) is -10.00. The summed E-state index contributed by atoms with van der Waals surface area (Å²) in [5.41, 5.74) is 0.769. The van der Waals surface area contributed by atoms with Crippen LogP contribution in [0.3, 0.4) is 0 Å². The Morgan fingerprint density at radius 1 is 0.679 bits per heavy atom. The largest absolute Gasteiger partial charge is 0.251 e. The molecule has 4 rings (SSSR count). The average Bonchev–Trinajstić information content (AvgIpc) is 3.17. The minimum absolute atomic E-state index is 0.244. The predicted molar refractivity (Wildman–Crippen MR) is 95.5 cm³/mol. The topological polar surface area (TPSA) is 15.6 Å². The zero-order chi connectivity index (χ0) is 19.8. The molecule has 3 aromatic carbocycles. The Morgan fingerprint density at radius 3 is 1.75 bits per heavy atom. The highest BCUT2D eigenvalue weighted by Crippen LogP contribution is 2.40. The Hall–Kier alpha value is -3.22. The standard InChI is InChI=1S/C21H13F5N2/c22-16-17(23)19(25)21(20(26)18(16)24)28-15(13-9-5-2-6-10-13)11-14(27-28)12-7-3-1-4-8-12/h1-10,15H,11H2/t15-/m0/s1. The van der Waals surface area contributed by atoms with Crippen molar-refractivity contribution in [2.24, 2.45) is 5.10 Å². The molecule has 1 heterocycles. The summed E-state index contributed by atoms with van der Waals surface area (Å²) in [4.78, 5) is 0. The second kappa shape index (κ2) is 7.07. The molecule has 0 saturated carbocycles. The van der Waals surface area contributed by atoms with E-state index in [1.165, 1.54) is 0 Å². The summed E-state index contributed by atoms with van der Waals surface area (Å²) in [6.45, 7) is 0. The van der Waals surface area contributed by atoms with Gasteiger partial charge in [-0.3, -0.25) is 5.01 Å². The van der Waals surface area contributed by atoms with Gasteiger partial charge in [-0.2, -0.15) is 5.10 Å². The minimum atomic E-state index is -2.19. The van der Waals surface area contributed by atoms with Gasteiger partial charge in [0, 0.05) is 6.42 Å². The minimum Gasteiger partial charge on any atom is -0.251 e. The number of hydrogen-bond donors (Lipinski definition) is 0. The van der Waals surface area contributed by atoms with Crippen LogP contribution in [0.1, 0.15) is 23.6 Å². The second-order valence-electron chi connectivity index (χ2n) is 6.31. The van der Waals surface area contributed by atoms with Crippen molar-refractivity contribution in [3.63, 3.8) is 0 Å². The Kier molecular flexibility index (Phi) is 4.58. The van der Waals surface area contributed by atoms with Crippen molar-refractivity contribution in [2.45, 2.75) is 12.5 Å². The van der Waals surface area contributed by atoms with Gasteiger partial charge in [0.05, 0.1) is 11.8 Å². The summed E-state index contributed by atoms with van der Waals surface area (Å²) >= 11 is 0. The molecule has 2 nitrogen and oxygen atoms in total. The van der Waals surface area contributed by atoms with Crippen LogP contribution in [0, 0.1) is 29.1 Å². The van der Waals surface area contributed by atoms with E-state index in [1.807, 2.05) is 0 Å². The van der Waals surface area contributed by atoms with Crippen LogP contribution in [0.4, 0.5) is 27.6 Å². The molecule has 0 radical (unpaired) electrons. The van der Waals surface area contributed by atoms with Gasteiger partial charge in [0.15, 0.2) is 23.3 Å². The molecule has 28 heavy (non-hydrogen) atoms. The molecule has 0 fully saturated rings. The van der Waals surface area contributed by atoms with Crippen LogP contribution in [-0.4, -0.2) is 5.71 Å². The predicted octanol–water partition coefficient (Wildman–Crippen LogP) is 5.74. The van der Waals surface area contributed by atoms with Crippen molar-refractivity contribution in [2.75, 3.05) is 5.01 Å². The van der Waals surface area contributed by atoms with E-state index >= 15 is 0 Å². The van der Waals surface area contributed by atoms with Gasteiger partial charge >= 0.3 is 0 Å². The van der Waals surface area contributed by atoms with Gasteiger partial charge in [0.1, 0.15) is 5.69 Å². The van der Waals surface area contributed by atoms with Crippen molar-refractivity contribution < 1.29 is 22.0 Å². The number of nitrogens with zero attached hydrogens (tertiary/aromatic N) is 2. The lowest BCUT2D eigenvalue weighted by Crippen LogP contribution is -2.22. The highest BCUT2D eigenvalue weighted by molar-refractivity contribution is 6.03. The molecule has 0 aliphatic carbocycles. The first-order valence-corrected chi connectivity index (χ1v) is 8.47. The fourth-order valence-corrected chi connectivity index (χ4v) is 3.25. The van der Waals surface area contributed by atoms with Gasteiger partial charge in [-0.05, 0) is 11.1 Å². The summed E-state index contributed by atoms with van der Waals surface area (Å²) in [6.07, 6.45) is 0.244. The van der Waals surface area contributed by atoms with Crippen LogP contribution in [-0.2, 0) is 0 Å². The molecule has 3 aromatic rings. The van der Waals surface area contributed by atoms with Crippen molar-refractivity contribution in [3.05, 3.63) is 101 Å². The van der Waals surface area contributed by atoms with E-state index in [1.54, 1.807) is 60.7 Å². The van der Waals surface area contributed by atoms with Crippen LogP contribution in [0.15, 0.2) is 65.8 Å². The zero-order valence-corrected chi connectivity index (χ0v) is 14.3. The maximum atomic E-state index is 14.4. The van der Waals surface area contributed by atoms with E-state index in [0.29, 0.717) is 16.8 Å². The number of rotatable bonds is 3. The smallest absolute Gasteiger partial charge is 0.200 e. The van der Waals surface area contributed by atoms with Crippen molar-refractivity contribution in [1.29, 1.82) is 0 Å². The molecule has 0 bridgehead atoms. The number of halogens is 5. The maximum Gasteiger partial charge on any atom is 0.200 e. The SMILES string of the molecule is Fc1c(F)c(F)c(N2N=C(c3ccccc3)C[C@H]2c2ccccc2)c(F)c1F. The van der Waals surface area contributed by atoms with Crippen LogP contribution in [0.2, 0.25) is 0 Å². The number of anilines is 1. The monoisotopic (exact) mass is 388 g/mol. The van der Waals surface area contributed by atoms with Crippen molar-refractivity contribution >= 4 is 11.4 Å². The third-order valence-electron chi connectivity index (χ3n) is 4.62. The molecule has 0 saturated heterocycles. The van der Waals surface area contributed by atoms with Crippen molar-refractivity contribution in [3.8, 4) is 0 Å². The van der Waals surface area contributed by atoms with Gasteiger partial charge in [0.25, 0.3) is 0 Å². The molecule has 142 valence electrons. The maximum absolute atomic E-state index is 14.4. The zero-order valence-electron chi connectivity index (χ0n) is 14.3. The Labute approximate surface area is 157 Å². The van der Waals surface area contributed by atoms with E-state index in [9.17, 15) is 22.0 Å². The molecule has 0 N–H and O–H groups in total. The first-order chi connectivity index (χ1) is 13.5. The van der Waals surface area contributed by atoms with Gasteiger partial charge in [-0.15, -0.1) is 0 Å². The van der Waals surface area contributed by atoms with Gasteiger partial charge in [0.2, 0.25) is 5.82 Å². The number of hydrazone groups is 1. The third-order valence-corrected chi connectivity index (χ3v) is 4.62. The Bertz CT molecular complexity index is 1020. The van der Waals surface area contributed by atoms with E-state index < -0.39 is 40.8 Å². The molecule has 0 aromatic heterocycles. The van der Waals surface area contributed by atoms with E-state index in [2.05, 4.69) is 5.10 Å². The summed E-state index contributed by atoms with van der Waals surface area (Å²) in [6, 6.07) is 16.8. The molecular weight excluding hydrogens is 375 g/mol. The normalized spacial score (nSPS) is 16.4. The summed E-state index contributed by atoms with van der Waals surface area (Å²) < 4.78 is 69.9. The van der Waals surface area contributed by atoms with E-state index in [-0.39, 0.29) is 6.42 Å². The average molecular weight is 388 g/mol. The molecule has 0 spiro atoms. The second-order valence-corrected chi connectivity index (χ2v) is 6.31. The third kappa shape index (κ3) is 2.93. The first-order valence-electron chi connectivity index (χ1n) is 8.47. The van der Waals surface area contributed by atoms with E-state index in [4.69, 9.17) is 0 Å². The van der Waals surface area contributed by atoms with Crippen LogP contribution in [0.5, 0.6) is 0 Å². The molecule has 0 amide bonds. The fraction of sp³-hybridized carbons (Fsp3) is 0.0952. The lowest BCUT2D eigenvalue weighted by Gasteiger charge is -2.25. The lowest BCUT2D eigenvalue weighted by molar-refractivity contribution is 0.377. The van der Waals surface area contributed by atoms with Crippen molar-refractivity contribution in [1.82, 2.24) is 0 Å². The lowest BCUT2D eigenvalue weighted by atomic mass is 9.98. The summed E-state index contributed by atoms with van der Waals surface area (Å²) in [7, 11) is 0. The molecule has 1 atom stereocenters. The van der Waals surface area contributed by atoms with Gasteiger partial charge in [-0.25, -0.2) is 22.0 Å². The van der Waals surface area contributed by atoms with Crippen LogP contribution < -0.4 is 5.01 Å². The molecule has 7 heteroatoms. The van der Waals surface area contributed by atoms with Crippen LogP contribution >= 0.6 is 0 Å². The highest BCUT2D eigenvalue weighted by atomic mass is 19.2. The van der Waals surface area contributed by atoms with Gasteiger partial charge < -0.3 is 0 Å². The first kappa shape index (κ1) is 18.2. The quantitative estimate of drug-likeness (QED) is 0.318. The molecular formula is C21H13F5N2. The molecule has 0 unspecified atom stereocenters. The Balaban J connectivity index is 1.90. The fourth-order valence-electron chi connectivity index (χ4n) is 3.25. The molecule has 1 aliphatic rings.